The van der Waals surface area contributed by atoms with Gasteiger partial charge in [-0.15, -0.1) is 0 Å². The van der Waals surface area contributed by atoms with Crippen LogP contribution in [0.3, 0.4) is 0 Å². The predicted molar refractivity (Wildman–Crippen MR) is 236 cm³/mol. The lowest BCUT2D eigenvalue weighted by atomic mass is 9.97. The Hall–Kier alpha value is -5.22. The minimum absolute atomic E-state index is 0.0930. The number of hydrogen-bond acceptors (Lipinski definition) is 16. The first-order chi connectivity index (χ1) is 31.4. The summed E-state index contributed by atoms with van der Waals surface area (Å²) in [5, 5.41) is 9.72. The summed E-state index contributed by atoms with van der Waals surface area (Å²) in [7, 11) is 1.19. The van der Waals surface area contributed by atoms with Crippen LogP contribution in [0.25, 0.3) is 11.1 Å². The number of carbonyl (C=O) groups is 6. The summed E-state index contributed by atoms with van der Waals surface area (Å²) in [6.07, 6.45) is 0.0966. The van der Waals surface area contributed by atoms with Crippen molar-refractivity contribution in [3.8, 4) is 16.9 Å². The highest BCUT2D eigenvalue weighted by atomic mass is 16.6. The van der Waals surface area contributed by atoms with E-state index < -0.39 is 41.6 Å². The highest BCUT2D eigenvalue weighted by Crippen LogP contribution is 2.27. The van der Waals surface area contributed by atoms with Crippen molar-refractivity contribution in [3.05, 3.63) is 53.6 Å². The average molecular weight is 921 g/mol. The molecule has 0 fully saturated rings. The quantitative estimate of drug-likeness (QED) is 0.0428. The molecule has 0 aliphatic rings. The predicted octanol–water partition coefficient (Wildman–Crippen LogP) is 1.70. The van der Waals surface area contributed by atoms with Gasteiger partial charge in [0, 0.05) is 19.4 Å². The fourth-order valence-corrected chi connectivity index (χ4v) is 5.60. The Morgan fingerprint density at radius 3 is 1.66 bits per heavy atom. The molecular formula is C45H68N4O16. The Bertz CT molecular complexity index is 1670. The molecule has 2 aromatic carbocycles. The van der Waals surface area contributed by atoms with E-state index in [1.165, 1.54) is 7.11 Å². The number of aryl methyl sites for hydroxylation is 1. The number of ether oxygens (including phenoxy) is 10. The molecule has 2 aromatic rings. The van der Waals surface area contributed by atoms with Crippen molar-refractivity contribution in [3.63, 3.8) is 0 Å². The van der Waals surface area contributed by atoms with E-state index >= 15 is 0 Å². The van der Waals surface area contributed by atoms with Crippen LogP contribution in [0.15, 0.2) is 42.5 Å². The zero-order chi connectivity index (χ0) is 47.5. The minimum atomic E-state index is -1.24. The number of amides is 4. The number of methoxy groups -OCH3 is 1. The highest BCUT2D eigenvalue weighted by molar-refractivity contribution is 5.92. The van der Waals surface area contributed by atoms with Crippen molar-refractivity contribution in [1.29, 1.82) is 0 Å². The molecule has 0 aliphatic heterocycles. The van der Waals surface area contributed by atoms with E-state index in [1.54, 1.807) is 20.8 Å². The molecule has 0 heterocycles. The van der Waals surface area contributed by atoms with Crippen molar-refractivity contribution in [1.82, 2.24) is 21.3 Å². The molecule has 2 atom stereocenters. The Morgan fingerprint density at radius 1 is 0.662 bits per heavy atom. The second-order valence-corrected chi connectivity index (χ2v) is 15.0. The van der Waals surface area contributed by atoms with Gasteiger partial charge in [-0.1, -0.05) is 30.3 Å². The molecular weight excluding hydrogens is 853 g/mol. The van der Waals surface area contributed by atoms with Gasteiger partial charge in [-0.25, -0.2) is 9.59 Å². The van der Waals surface area contributed by atoms with Crippen LogP contribution in [-0.4, -0.2) is 174 Å². The lowest BCUT2D eigenvalue weighted by Crippen LogP contribution is -2.53. The molecule has 2 rings (SSSR count). The van der Waals surface area contributed by atoms with Crippen LogP contribution in [0.4, 0.5) is 4.79 Å². The summed E-state index contributed by atoms with van der Waals surface area (Å²) in [6.45, 7) is 13.8. The van der Waals surface area contributed by atoms with Crippen LogP contribution in [0.5, 0.6) is 5.75 Å². The third-order valence-electron chi connectivity index (χ3n) is 8.68. The normalized spacial score (nSPS) is 12.1. The smallest absolute Gasteiger partial charge is 0.407 e. The molecule has 20 heteroatoms. The summed E-state index contributed by atoms with van der Waals surface area (Å²) in [5.41, 5.74) is 3.10. The van der Waals surface area contributed by atoms with E-state index in [1.807, 2.05) is 49.4 Å². The maximum atomic E-state index is 12.9. The minimum Gasteiger partial charge on any atom is -0.491 e. The lowest BCUT2D eigenvalue weighted by molar-refractivity contribution is -0.145. The molecule has 65 heavy (non-hydrogen) atoms. The van der Waals surface area contributed by atoms with Crippen molar-refractivity contribution >= 4 is 36.6 Å². The van der Waals surface area contributed by atoms with Gasteiger partial charge in [-0.2, -0.15) is 0 Å². The number of benzene rings is 2. The van der Waals surface area contributed by atoms with Crippen molar-refractivity contribution in [2.75, 3.05) is 119 Å². The van der Waals surface area contributed by atoms with Crippen molar-refractivity contribution < 1.29 is 76.1 Å². The molecule has 0 spiro atoms. The first-order valence-corrected chi connectivity index (χ1v) is 21.5. The summed E-state index contributed by atoms with van der Waals surface area (Å²) < 4.78 is 54.4. The highest BCUT2D eigenvalue weighted by Gasteiger charge is 2.27. The molecule has 0 radical (unpaired) electrons. The average Bonchev–Trinajstić information content (AvgIpc) is 3.27. The number of hydrogen-bond donors (Lipinski definition) is 4. The van der Waals surface area contributed by atoms with Gasteiger partial charge < -0.3 is 73.4 Å². The van der Waals surface area contributed by atoms with E-state index in [4.69, 9.17) is 47.4 Å². The second kappa shape index (κ2) is 34.2. The number of carbonyl (C=O) groups excluding carboxylic acids is 6. The zero-order valence-electron chi connectivity index (χ0n) is 38.3. The van der Waals surface area contributed by atoms with E-state index in [-0.39, 0.29) is 19.4 Å². The molecule has 1 unspecified atom stereocenters. The fraction of sp³-hybridized carbons (Fsp3) is 0.600. The maximum Gasteiger partial charge on any atom is 0.407 e. The van der Waals surface area contributed by atoms with Crippen molar-refractivity contribution in [2.45, 2.75) is 58.2 Å². The zero-order valence-corrected chi connectivity index (χ0v) is 38.3. The Kier molecular flexibility index (Phi) is 29.4. The summed E-state index contributed by atoms with van der Waals surface area (Å²) in [6, 6.07) is 10.9. The van der Waals surface area contributed by atoms with Gasteiger partial charge in [-0.3, -0.25) is 14.4 Å². The van der Waals surface area contributed by atoms with Gasteiger partial charge in [0.1, 0.15) is 36.3 Å². The van der Waals surface area contributed by atoms with Crippen LogP contribution in [0.2, 0.25) is 0 Å². The molecule has 0 aromatic heterocycles. The number of alkyl carbamates (subject to hydrolysis) is 1. The van der Waals surface area contributed by atoms with Gasteiger partial charge in [0.25, 0.3) is 0 Å². The van der Waals surface area contributed by atoms with Crippen LogP contribution in [0.1, 0.15) is 38.3 Å². The standard InChI is InChI=1S/C45H68N4O16/c1-34-30-37(10-11-38(34)36-8-6-35(7-9-36)31-40(43(54)56-5)49-42(53)39(12-14-50)48-41(52)32-46-33-51)64-29-28-63-27-26-62-25-24-61-23-22-60-21-20-59-19-18-58-17-16-57-15-13-47-44(55)65-45(2,3)4/h6-11,14,30,33,39-40H,12-13,15-29,31-32H2,1-5H3,(H,46,51)(H,47,55)(H,48,52)(H,49,53)/t39?,40-/m0/s1. The van der Waals surface area contributed by atoms with E-state index in [2.05, 4.69) is 21.3 Å². The van der Waals surface area contributed by atoms with Crippen LogP contribution < -0.4 is 26.0 Å². The van der Waals surface area contributed by atoms with Crippen LogP contribution >= 0.6 is 0 Å². The van der Waals surface area contributed by atoms with Gasteiger partial charge in [0.15, 0.2) is 0 Å². The lowest BCUT2D eigenvalue weighted by Gasteiger charge is -2.21. The van der Waals surface area contributed by atoms with Crippen molar-refractivity contribution in [2.24, 2.45) is 0 Å². The van der Waals surface area contributed by atoms with Crippen LogP contribution in [0, 0.1) is 6.92 Å². The molecule has 0 saturated heterocycles. The summed E-state index contributed by atoms with van der Waals surface area (Å²) >= 11 is 0. The molecule has 4 amide bonds. The van der Waals surface area contributed by atoms with Gasteiger partial charge >= 0.3 is 12.1 Å². The SMILES string of the molecule is COC(=O)[C@H](Cc1ccc(-c2ccc(OCCOCCOCCOCCOCCOCCOCCOCCNC(=O)OC(C)(C)C)cc2C)cc1)NC(=O)C(CC=O)NC(=O)CNC=O. The number of rotatable bonds is 37. The topological polar surface area (TPSA) is 243 Å². The van der Waals surface area contributed by atoms with E-state index in [9.17, 15) is 28.8 Å². The Balaban J connectivity index is 1.51. The monoisotopic (exact) mass is 920 g/mol. The maximum absolute atomic E-state index is 12.9. The molecule has 0 aliphatic carbocycles. The van der Waals surface area contributed by atoms with Gasteiger partial charge in [0.05, 0.1) is 106 Å². The third-order valence-corrected chi connectivity index (χ3v) is 8.68. The van der Waals surface area contributed by atoms with Gasteiger partial charge in [-0.05, 0) is 62.1 Å². The van der Waals surface area contributed by atoms with E-state index in [0.29, 0.717) is 124 Å². The summed E-state index contributed by atoms with van der Waals surface area (Å²) in [5.74, 6) is -1.42. The number of aldehydes is 1. The first kappa shape index (κ1) is 55.9. The molecule has 364 valence electrons. The number of nitrogens with one attached hydrogen (secondary N) is 4. The largest absolute Gasteiger partial charge is 0.491 e. The van der Waals surface area contributed by atoms with Gasteiger partial charge in [0.2, 0.25) is 18.2 Å². The first-order valence-electron chi connectivity index (χ1n) is 21.5. The molecule has 0 bridgehead atoms. The molecule has 0 saturated carbocycles. The molecule has 20 nitrogen and oxygen atoms in total. The Morgan fingerprint density at radius 2 is 1.18 bits per heavy atom. The third kappa shape index (κ3) is 27.0. The molecule has 4 N–H and O–H groups in total. The fourth-order valence-electron chi connectivity index (χ4n) is 5.60. The van der Waals surface area contributed by atoms with Crippen LogP contribution in [-0.2, 0) is 73.0 Å². The second-order valence-electron chi connectivity index (χ2n) is 15.0. The van der Waals surface area contributed by atoms with E-state index in [0.717, 1.165) is 22.3 Å². The summed E-state index contributed by atoms with van der Waals surface area (Å²) in [4.78, 5) is 70.6. The Labute approximate surface area is 381 Å². The number of esters is 1.